The number of hydrogen-bond acceptors (Lipinski definition) is 3. The monoisotopic (exact) mass is 357 g/mol. The van der Waals surface area contributed by atoms with Gasteiger partial charge >= 0.3 is 5.97 Å². The molecule has 2 aromatic carbocycles. The summed E-state index contributed by atoms with van der Waals surface area (Å²) < 4.78 is 5.36. The molecule has 0 radical (unpaired) electrons. The number of esters is 1. The van der Waals surface area contributed by atoms with Crippen LogP contribution < -0.4 is 9.64 Å². The first-order valence-electron chi connectivity index (χ1n) is 8.39. The molecule has 0 N–H and O–H groups in total. The van der Waals surface area contributed by atoms with Crippen molar-refractivity contribution in [2.24, 2.45) is 0 Å². The lowest BCUT2D eigenvalue weighted by molar-refractivity contribution is -0.134. The molecule has 2 aromatic rings. The fourth-order valence-corrected chi connectivity index (χ4v) is 3.04. The topological polar surface area (TPSA) is 46.6 Å². The zero-order chi connectivity index (χ0) is 17.8. The Balaban J connectivity index is 1.54. The van der Waals surface area contributed by atoms with E-state index in [2.05, 4.69) is 0 Å². The number of anilines is 1. The number of nitrogens with zero attached hydrogens (tertiary/aromatic N) is 1. The molecule has 0 bridgehead atoms. The largest absolute Gasteiger partial charge is 0.427 e. The van der Waals surface area contributed by atoms with Crippen LogP contribution in [0.1, 0.15) is 30.4 Å². The van der Waals surface area contributed by atoms with Gasteiger partial charge in [-0.15, -0.1) is 0 Å². The van der Waals surface area contributed by atoms with E-state index in [1.807, 2.05) is 37.3 Å². The van der Waals surface area contributed by atoms with Crippen LogP contribution in [0.5, 0.6) is 5.75 Å². The van der Waals surface area contributed by atoms with Crippen LogP contribution in [-0.4, -0.2) is 18.4 Å². The number of carbonyl (C=O) groups excluding carboxylic acids is 2. The van der Waals surface area contributed by atoms with E-state index >= 15 is 0 Å². The van der Waals surface area contributed by atoms with Gasteiger partial charge in [0.1, 0.15) is 5.75 Å². The maximum Gasteiger partial charge on any atom is 0.311 e. The first-order valence-corrected chi connectivity index (χ1v) is 8.77. The highest BCUT2D eigenvalue weighted by Crippen LogP contribution is 2.24. The second kappa shape index (κ2) is 7.70. The predicted octanol–water partition coefficient (Wildman–Crippen LogP) is 4.31. The van der Waals surface area contributed by atoms with Crippen molar-refractivity contribution in [3.63, 3.8) is 0 Å². The van der Waals surface area contributed by atoms with Gasteiger partial charge in [-0.1, -0.05) is 23.7 Å². The van der Waals surface area contributed by atoms with Crippen LogP contribution in [0.4, 0.5) is 5.69 Å². The SMILES string of the molecule is Cc1ccc(CCC(=O)Oc2ccc(N3CCCC3=O)cc2)cc1Cl. The average molecular weight is 358 g/mol. The average Bonchev–Trinajstić information content (AvgIpc) is 3.03. The summed E-state index contributed by atoms with van der Waals surface area (Å²) in [6, 6.07) is 12.9. The lowest BCUT2D eigenvalue weighted by Crippen LogP contribution is -2.23. The minimum Gasteiger partial charge on any atom is -0.427 e. The Hall–Kier alpha value is -2.33. The molecule has 3 rings (SSSR count). The van der Waals surface area contributed by atoms with Crippen LogP contribution >= 0.6 is 11.6 Å². The van der Waals surface area contributed by atoms with E-state index in [1.165, 1.54) is 0 Å². The lowest BCUT2D eigenvalue weighted by Gasteiger charge is -2.15. The van der Waals surface area contributed by atoms with Gasteiger partial charge in [-0.3, -0.25) is 9.59 Å². The zero-order valence-corrected chi connectivity index (χ0v) is 14.9. The lowest BCUT2D eigenvalue weighted by atomic mass is 10.1. The minimum atomic E-state index is -0.290. The molecule has 1 amide bonds. The minimum absolute atomic E-state index is 0.140. The molecule has 1 aliphatic rings. The summed E-state index contributed by atoms with van der Waals surface area (Å²) in [4.78, 5) is 25.5. The number of aryl methyl sites for hydroxylation is 2. The van der Waals surface area contributed by atoms with Crippen molar-refractivity contribution in [1.82, 2.24) is 0 Å². The van der Waals surface area contributed by atoms with Crippen molar-refractivity contribution >= 4 is 29.2 Å². The second-order valence-electron chi connectivity index (χ2n) is 6.20. The van der Waals surface area contributed by atoms with E-state index in [4.69, 9.17) is 16.3 Å². The highest BCUT2D eigenvalue weighted by Gasteiger charge is 2.21. The number of hydrogen-bond donors (Lipinski definition) is 0. The molecule has 0 aromatic heterocycles. The number of benzene rings is 2. The van der Waals surface area contributed by atoms with Crippen LogP contribution in [0.3, 0.4) is 0 Å². The Labute approximate surface area is 152 Å². The third-order valence-corrected chi connectivity index (χ3v) is 4.71. The van der Waals surface area contributed by atoms with E-state index < -0.39 is 0 Å². The van der Waals surface area contributed by atoms with Crippen LogP contribution in [-0.2, 0) is 16.0 Å². The van der Waals surface area contributed by atoms with Gasteiger partial charge in [0.25, 0.3) is 0 Å². The van der Waals surface area contributed by atoms with E-state index in [1.54, 1.807) is 17.0 Å². The van der Waals surface area contributed by atoms with Crippen LogP contribution in [0.2, 0.25) is 5.02 Å². The van der Waals surface area contributed by atoms with Crippen molar-refractivity contribution in [1.29, 1.82) is 0 Å². The van der Waals surface area contributed by atoms with Gasteiger partial charge in [0, 0.05) is 30.1 Å². The molecule has 0 spiro atoms. The maximum atomic E-state index is 12.0. The third kappa shape index (κ3) is 4.40. The smallest absolute Gasteiger partial charge is 0.311 e. The molecule has 0 atom stereocenters. The van der Waals surface area contributed by atoms with E-state index in [-0.39, 0.29) is 18.3 Å². The first kappa shape index (κ1) is 17.5. The summed E-state index contributed by atoms with van der Waals surface area (Å²) in [5.41, 5.74) is 2.87. The van der Waals surface area contributed by atoms with Crippen molar-refractivity contribution < 1.29 is 14.3 Å². The van der Waals surface area contributed by atoms with Gasteiger partial charge in [-0.2, -0.15) is 0 Å². The molecule has 1 saturated heterocycles. The van der Waals surface area contributed by atoms with Gasteiger partial charge < -0.3 is 9.64 Å². The summed E-state index contributed by atoms with van der Waals surface area (Å²) in [5, 5.41) is 0.706. The molecule has 130 valence electrons. The summed E-state index contributed by atoms with van der Waals surface area (Å²) in [6.45, 7) is 2.69. The van der Waals surface area contributed by atoms with Crippen molar-refractivity contribution in [2.75, 3.05) is 11.4 Å². The van der Waals surface area contributed by atoms with Gasteiger partial charge in [0.15, 0.2) is 0 Å². The Kier molecular flexibility index (Phi) is 5.39. The van der Waals surface area contributed by atoms with Gasteiger partial charge in [-0.05, 0) is 61.2 Å². The van der Waals surface area contributed by atoms with Crippen molar-refractivity contribution in [3.8, 4) is 5.75 Å². The summed E-state index contributed by atoms with van der Waals surface area (Å²) in [5.74, 6) is 0.338. The van der Waals surface area contributed by atoms with E-state index in [0.717, 1.165) is 29.8 Å². The van der Waals surface area contributed by atoms with Gasteiger partial charge in [0.05, 0.1) is 0 Å². The standard InChI is InChI=1S/C20H20ClNO3/c1-14-4-5-15(13-18(14)21)6-11-20(24)25-17-9-7-16(8-10-17)22-12-2-3-19(22)23/h4-5,7-10,13H,2-3,6,11-12H2,1H3. The Morgan fingerprint density at radius 3 is 2.60 bits per heavy atom. The van der Waals surface area contributed by atoms with E-state index in [0.29, 0.717) is 23.6 Å². The molecular formula is C20H20ClNO3. The van der Waals surface area contributed by atoms with Crippen LogP contribution in [0, 0.1) is 6.92 Å². The zero-order valence-electron chi connectivity index (χ0n) is 14.1. The molecular weight excluding hydrogens is 338 g/mol. The molecule has 0 saturated carbocycles. The molecule has 1 fully saturated rings. The molecule has 0 unspecified atom stereocenters. The molecule has 1 heterocycles. The fourth-order valence-electron chi connectivity index (χ4n) is 2.84. The summed E-state index contributed by atoms with van der Waals surface area (Å²) >= 11 is 6.09. The number of carbonyl (C=O) groups is 2. The maximum absolute atomic E-state index is 12.0. The molecule has 4 nitrogen and oxygen atoms in total. The number of amides is 1. The normalized spacial score (nSPS) is 14.0. The van der Waals surface area contributed by atoms with Gasteiger partial charge in [0.2, 0.25) is 5.91 Å². The molecule has 1 aliphatic heterocycles. The predicted molar refractivity (Wildman–Crippen MR) is 98.2 cm³/mol. The Morgan fingerprint density at radius 1 is 1.20 bits per heavy atom. The highest BCUT2D eigenvalue weighted by atomic mass is 35.5. The Morgan fingerprint density at radius 2 is 1.96 bits per heavy atom. The third-order valence-electron chi connectivity index (χ3n) is 4.31. The quantitative estimate of drug-likeness (QED) is 0.591. The summed E-state index contributed by atoms with van der Waals surface area (Å²) in [7, 11) is 0. The highest BCUT2D eigenvalue weighted by molar-refractivity contribution is 6.31. The first-order chi connectivity index (χ1) is 12.0. The van der Waals surface area contributed by atoms with Crippen LogP contribution in [0.15, 0.2) is 42.5 Å². The molecule has 0 aliphatic carbocycles. The second-order valence-corrected chi connectivity index (χ2v) is 6.61. The Bertz CT molecular complexity index is 786. The molecule has 25 heavy (non-hydrogen) atoms. The van der Waals surface area contributed by atoms with Gasteiger partial charge in [-0.25, -0.2) is 0 Å². The van der Waals surface area contributed by atoms with Crippen molar-refractivity contribution in [3.05, 3.63) is 58.6 Å². The number of rotatable bonds is 5. The van der Waals surface area contributed by atoms with Crippen LogP contribution in [0.25, 0.3) is 0 Å². The van der Waals surface area contributed by atoms with E-state index in [9.17, 15) is 9.59 Å². The molecule has 5 heteroatoms. The van der Waals surface area contributed by atoms with Crippen molar-refractivity contribution in [2.45, 2.75) is 32.6 Å². The fraction of sp³-hybridized carbons (Fsp3) is 0.300. The number of ether oxygens (including phenoxy) is 1. The summed E-state index contributed by atoms with van der Waals surface area (Å²) in [6.07, 6.45) is 2.35. The number of halogens is 1.